The number of hydrogen-bond donors (Lipinski definition) is 3. The van der Waals surface area contributed by atoms with Gasteiger partial charge in [0.2, 0.25) is 5.91 Å². The molecule has 5 rings (SSSR count). The topological polar surface area (TPSA) is 135 Å². The number of alkyl carbamates (subject to hydrolysis) is 1. The van der Waals surface area contributed by atoms with Gasteiger partial charge in [-0.1, -0.05) is 80.3 Å². The predicted molar refractivity (Wildman–Crippen MR) is 217 cm³/mol. The van der Waals surface area contributed by atoms with Gasteiger partial charge in [0.15, 0.2) is 0 Å². The molecule has 2 aliphatic carbocycles. The Morgan fingerprint density at radius 1 is 0.964 bits per heavy atom. The summed E-state index contributed by atoms with van der Waals surface area (Å²) < 4.78 is 16.1. The first-order valence-corrected chi connectivity index (χ1v) is 20.0. The van der Waals surface area contributed by atoms with Crippen LogP contribution in [0.25, 0.3) is 0 Å². The number of ether oxygens (including phenoxy) is 3. The maximum Gasteiger partial charge on any atom is 0.407 e. The molecular formula is C45H60N4O7. The van der Waals surface area contributed by atoms with Crippen molar-refractivity contribution in [3.05, 3.63) is 107 Å². The summed E-state index contributed by atoms with van der Waals surface area (Å²) in [6, 6.07) is 17.5. The van der Waals surface area contributed by atoms with E-state index in [4.69, 9.17) is 14.2 Å². The number of carbonyl (C=O) groups excluding carboxylic acids is 4. The number of rotatable bonds is 14. The van der Waals surface area contributed by atoms with Gasteiger partial charge in [0.1, 0.15) is 17.4 Å². The minimum atomic E-state index is -0.725. The molecule has 4 atom stereocenters. The highest BCUT2D eigenvalue weighted by Crippen LogP contribution is 2.50. The summed E-state index contributed by atoms with van der Waals surface area (Å²) in [5.41, 5.74) is 2.88. The monoisotopic (exact) mass is 768 g/mol. The molecule has 2 aromatic carbocycles. The molecule has 1 fully saturated rings. The van der Waals surface area contributed by atoms with Gasteiger partial charge in [-0.15, -0.1) is 0 Å². The normalized spacial score (nSPS) is 21.6. The summed E-state index contributed by atoms with van der Waals surface area (Å²) in [7, 11) is 2.99. The molecule has 302 valence electrons. The lowest BCUT2D eigenvalue weighted by molar-refractivity contribution is -0.143. The molecule has 56 heavy (non-hydrogen) atoms. The molecule has 1 aliphatic heterocycles. The molecule has 11 nitrogen and oxygen atoms in total. The van der Waals surface area contributed by atoms with Crippen LogP contribution in [0.4, 0.5) is 4.79 Å². The molecule has 11 heteroatoms. The highest BCUT2D eigenvalue weighted by molar-refractivity contribution is 5.97. The zero-order valence-corrected chi connectivity index (χ0v) is 34.0. The Balaban J connectivity index is 1.29. The Bertz CT molecular complexity index is 1790. The van der Waals surface area contributed by atoms with Gasteiger partial charge in [0.05, 0.1) is 31.1 Å². The lowest BCUT2D eigenvalue weighted by atomic mass is 9.61. The van der Waals surface area contributed by atoms with Crippen LogP contribution >= 0.6 is 0 Å². The van der Waals surface area contributed by atoms with E-state index < -0.39 is 29.1 Å². The van der Waals surface area contributed by atoms with Crippen molar-refractivity contribution < 1.29 is 33.4 Å². The van der Waals surface area contributed by atoms with E-state index in [1.165, 1.54) is 7.11 Å². The molecule has 1 heterocycles. The van der Waals surface area contributed by atoms with Crippen LogP contribution in [0.2, 0.25) is 0 Å². The van der Waals surface area contributed by atoms with E-state index in [2.05, 4.69) is 47.7 Å². The first-order chi connectivity index (χ1) is 26.8. The number of allylic oxidation sites excluding steroid dienone is 3. The second kappa shape index (κ2) is 18.7. The molecule has 3 amide bonds. The maximum absolute atomic E-state index is 14.4. The lowest BCUT2D eigenvalue weighted by Crippen LogP contribution is -2.50. The molecule has 3 N–H and O–H groups in total. The quantitative estimate of drug-likeness (QED) is 0.141. The van der Waals surface area contributed by atoms with E-state index in [0.29, 0.717) is 81.6 Å². The minimum absolute atomic E-state index is 0.0365. The van der Waals surface area contributed by atoms with Gasteiger partial charge in [-0.3, -0.25) is 9.59 Å². The summed E-state index contributed by atoms with van der Waals surface area (Å²) in [4.78, 5) is 54.8. The average Bonchev–Trinajstić information content (AvgIpc) is 3.19. The van der Waals surface area contributed by atoms with E-state index in [1.807, 2.05) is 74.2 Å². The lowest BCUT2D eigenvalue weighted by Gasteiger charge is -2.45. The molecule has 0 spiro atoms. The molecule has 0 saturated carbocycles. The number of likely N-dealkylation sites (tertiary alicyclic amines) is 1. The molecule has 0 radical (unpaired) electrons. The maximum atomic E-state index is 14.4. The number of fused-ring (bicyclic) bond motifs is 1. The molecule has 0 aromatic heterocycles. The van der Waals surface area contributed by atoms with E-state index in [-0.39, 0.29) is 29.7 Å². The van der Waals surface area contributed by atoms with E-state index in [0.717, 1.165) is 23.1 Å². The average molecular weight is 769 g/mol. The Morgan fingerprint density at radius 2 is 1.66 bits per heavy atom. The van der Waals surface area contributed by atoms with Gasteiger partial charge in [0.25, 0.3) is 5.91 Å². The predicted octanol–water partition coefficient (Wildman–Crippen LogP) is 6.79. The second-order valence-corrected chi connectivity index (χ2v) is 16.2. The molecule has 0 bridgehead atoms. The summed E-state index contributed by atoms with van der Waals surface area (Å²) in [6.07, 6.45) is 8.49. The van der Waals surface area contributed by atoms with Gasteiger partial charge in [-0.2, -0.15) is 0 Å². The first kappa shape index (κ1) is 42.1. The van der Waals surface area contributed by atoms with Crippen molar-refractivity contribution in [1.29, 1.82) is 0 Å². The van der Waals surface area contributed by atoms with Gasteiger partial charge in [-0.05, 0) is 88.8 Å². The van der Waals surface area contributed by atoms with Gasteiger partial charge >= 0.3 is 12.1 Å². The molecular weight excluding hydrogens is 709 g/mol. The Kier molecular flexibility index (Phi) is 14.1. The van der Waals surface area contributed by atoms with Gasteiger partial charge in [0, 0.05) is 37.3 Å². The van der Waals surface area contributed by atoms with Crippen molar-refractivity contribution in [2.75, 3.05) is 33.9 Å². The van der Waals surface area contributed by atoms with Crippen LogP contribution in [0.1, 0.15) is 102 Å². The first-order valence-electron chi connectivity index (χ1n) is 20.0. The number of esters is 1. The summed E-state index contributed by atoms with van der Waals surface area (Å²) in [5.74, 6) is 0.0712. The van der Waals surface area contributed by atoms with E-state index in [1.54, 1.807) is 7.11 Å². The number of unbranched alkanes of at least 4 members (excludes halogenated alkanes) is 1. The third kappa shape index (κ3) is 9.84. The van der Waals surface area contributed by atoms with Crippen LogP contribution in [0.5, 0.6) is 0 Å². The number of amides is 3. The number of carbonyl (C=O) groups is 4. The van der Waals surface area contributed by atoms with Crippen LogP contribution < -0.4 is 16.0 Å². The highest BCUT2D eigenvalue weighted by atomic mass is 16.6. The van der Waals surface area contributed by atoms with Crippen LogP contribution in [0, 0.1) is 5.92 Å². The standard InChI is InChI=1S/C45H60N4O7/c1-30-16-15-20-36(39(30)54-6)40(50)48-33-24-28-49(29-25-33)41(51)35-23-26-45(32-17-9-8-10-18-32,37-21-12-11-19-34(35)37)31(2)47-38(42(52)55-7)22-13-14-27-46-43(53)56-44(3,4)5/h8-12,15,17-21,30,33,35,38,47H,2,13-14,16,22-29H2,1,3-7H3,(H,46,53)(H,48,50)/t30?,35-,38+,45?/m0/s1. The SMILES string of the molecule is C=C(N[C@H](CCCCNC(=O)OC(C)(C)C)C(=O)OC)C1(c2ccccc2)CC[C@H](C(=O)N2CCC(NC(=O)C3=C(OC)C(C)CC=C3)CC2)c2ccccc21. The summed E-state index contributed by atoms with van der Waals surface area (Å²) in [5, 5.41) is 9.45. The van der Waals surface area contributed by atoms with Crippen LogP contribution in [0.15, 0.2) is 90.4 Å². The number of piperidine rings is 1. The van der Waals surface area contributed by atoms with Crippen molar-refractivity contribution in [1.82, 2.24) is 20.9 Å². The number of nitrogens with zero attached hydrogens (tertiary/aromatic N) is 1. The van der Waals surface area contributed by atoms with Crippen LogP contribution in [-0.4, -0.2) is 80.3 Å². The van der Waals surface area contributed by atoms with Crippen molar-refractivity contribution in [2.45, 2.75) is 108 Å². The fourth-order valence-corrected chi connectivity index (χ4v) is 8.38. The minimum Gasteiger partial charge on any atom is -0.500 e. The van der Waals surface area contributed by atoms with Crippen molar-refractivity contribution in [3.63, 3.8) is 0 Å². The van der Waals surface area contributed by atoms with E-state index >= 15 is 0 Å². The Hall–Kier alpha value is -5.06. The zero-order chi connectivity index (χ0) is 40.5. The van der Waals surface area contributed by atoms with Gasteiger partial charge < -0.3 is 35.1 Å². The number of nitrogens with one attached hydrogen (secondary N) is 3. The fourth-order valence-electron chi connectivity index (χ4n) is 8.38. The molecule has 2 unspecified atom stereocenters. The zero-order valence-electron chi connectivity index (χ0n) is 34.0. The van der Waals surface area contributed by atoms with Crippen LogP contribution in [-0.2, 0) is 34.0 Å². The third-order valence-electron chi connectivity index (χ3n) is 11.2. The van der Waals surface area contributed by atoms with Crippen LogP contribution in [0.3, 0.4) is 0 Å². The summed E-state index contributed by atoms with van der Waals surface area (Å²) >= 11 is 0. The summed E-state index contributed by atoms with van der Waals surface area (Å²) in [6.45, 7) is 13.6. The highest BCUT2D eigenvalue weighted by Gasteiger charge is 2.46. The van der Waals surface area contributed by atoms with E-state index in [9.17, 15) is 19.2 Å². The molecule has 2 aromatic rings. The number of benzene rings is 2. The van der Waals surface area contributed by atoms with Crippen molar-refractivity contribution in [2.24, 2.45) is 5.92 Å². The Labute approximate surface area is 332 Å². The number of methoxy groups -OCH3 is 2. The smallest absolute Gasteiger partial charge is 0.407 e. The largest absolute Gasteiger partial charge is 0.500 e. The number of hydrogen-bond acceptors (Lipinski definition) is 8. The van der Waals surface area contributed by atoms with Crippen molar-refractivity contribution >= 4 is 23.9 Å². The molecule has 1 saturated heterocycles. The molecule has 3 aliphatic rings. The third-order valence-corrected chi connectivity index (χ3v) is 11.2. The van der Waals surface area contributed by atoms with Gasteiger partial charge in [-0.25, -0.2) is 9.59 Å². The Morgan fingerprint density at radius 3 is 2.34 bits per heavy atom. The fraction of sp³-hybridized carbons (Fsp3) is 0.511. The van der Waals surface area contributed by atoms with Crippen molar-refractivity contribution in [3.8, 4) is 0 Å². The second-order valence-electron chi connectivity index (χ2n) is 16.2.